The number of benzene rings is 2. The maximum Gasteiger partial charge on any atom is 0.328 e. The van der Waals surface area contributed by atoms with Gasteiger partial charge in [-0.1, -0.05) is 24.3 Å². The van der Waals surface area contributed by atoms with E-state index in [2.05, 4.69) is 10.3 Å². The minimum atomic E-state index is -0.659. The Kier molecular flexibility index (Phi) is 4.47. The van der Waals surface area contributed by atoms with Gasteiger partial charge in [-0.2, -0.15) is 0 Å². The predicted octanol–water partition coefficient (Wildman–Crippen LogP) is 3.66. The number of pyridine rings is 1. The number of carbonyl (C=O) groups excluding carboxylic acids is 1. The van der Waals surface area contributed by atoms with E-state index in [-0.39, 0.29) is 12.3 Å². The molecule has 1 N–H and O–H groups in total. The standard InChI is InChI=1S/C18H17N3O4/c1-3-25-18(22)11(2)19-17-12-7-4-5-8-13(12)20-14-9-6-10-15(16(14)17)21(23)24/h4-11H,3H2,1-2H3,(H,19,20). The van der Waals surface area contributed by atoms with Crippen molar-refractivity contribution in [3.05, 3.63) is 52.6 Å². The minimum absolute atomic E-state index is 0.0608. The third-order valence-corrected chi connectivity index (χ3v) is 3.88. The molecule has 0 bridgehead atoms. The second kappa shape index (κ2) is 6.72. The van der Waals surface area contributed by atoms with Crippen molar-refractivity contribution >= 4 is 39.1 Å². The number of rotatable bonds is 5. The van der Waals surface area contributed by atoms with Gasteiger partial charge in [0.2, 0.25) is 0 Å². The molecule has 1 unspecified atom stereocenters. The van der Waals surface area contributed by atoms with E-state index in [1.165, 1.54) is 6.07 Å². The van der Waals surface area contributed by atoms with Gasteiger partial charge in [0.15, 0.2) is 0 Å². The van der Waals surface area contributed by atoms with Crippen molar-refractivity contribution in [2.24, 2.45) is 0 Å². The quantitative estimate of drug-likeness (QED) is 0.330. The third-order valence-electron chi connectivity index (χ3n) is 3.88. The zero-order chi connectivity index (χ0) is 18.0. The van der Waals surface area contributed by atoms with Gasteiger partial charge in [-0.05, 0) is 26.0 Å². The Morgan fingerprint density at radius 3 is 2.68 bits per heavy atom. The molecule has 0 aliphatic rings. The van der Waals surface area contributed by atoms with E-state index in [9.17, 15) is 14.9 Å². The van der Waals surface area contributed by atoms with Gasteiger partial charge in [0.1, 0.15) is 11.4 Å². The predicted molar refractivity (Wildman–Crippen MR) is 95.6 cm³/mol. The van der Waals surface area contributed by atoms with Crippen molar-refractivity contribution in [3.8, 4) is 0 Å². The van der Waals surface area contributed by atoms with Crippen LogP contribution in [0.5, 0.6) is 0 Å². The second-order valence-electron chi connectivity index (χ2n) is 5.55. The summed E-state index contributed by atoms with van der Waals surface area (Å²) in [6, 6.07) is 11.4. The Labute approximate surface area is 143 Å². The number of nitro benzene ring substituents is 1. The molecular formula is C18H17N3O4. The molecule has 0 aliphatic heterocycles. The average molecular weight is 339 g/mol. The van der Waals surface area contributed by atoms with Crippen molar-refractivity contribution < 1.29 is 14.5 Å². The summed E-state index contributed by atoms with van der Waals surface area (Å²) in [5, 5.41) is 15.7. The average Bonchev–Trinajstić information content (AvgIpc) is 2.60. The number of anilines is 1. The van der Waals surface area contributed by atoms with Crippen LogP contribution in [0.3, 0.4) is 0 Å². The fourth-order valence-corrected chi connectivity index (χ4v) is 2.77. The van der Waals surface area contributed by atoms with Gasteiger partial charge in [0, 0.05) is 11.5 Å². The van der Waals surface area contributed by atoms with Crippen LogP contribution in [0, 0.1) is 10.1 Å². The number of hydrogen-bond acceptors (Lipinski definition) is 6. The van der Waals surface area contributed by atoms with E-state index in [4.69, 9.17) is 4.74 Å². The first-order valence-electron chi connectivity index (χ1n) is 7.92. The van der Waals surface area contributed by atoms with Gasteiger partial charge in [-0.3, -0.25) is 10.1 Å². The molecule has 0 saturated carbocycles. The summed E-state index contributed by atoms with van der Waals surface area (Å²) in [5.41, 5.74) is 1.63. The number of nitro groups is 1. The largest absolute Gasteiger partial charge is 0.464 e. The highest BCUT2D eigenvalue weighted by atomic mass is 16.6. The molecule has 7 nitrogen and oxygen atoms in total. The summed E-state index contributed by atoms with van der Waals surface area (Å²) in [6.07, 6.45) is 0. The lowest BCUT2D eigenvalue weighted by Crippen LogP contribution is -2.28. The molecule has 1 aromatic heterocycles. The van der Waals surface area contributed by atoms with Gasteiger partial charge in [-0.15, -0.1) is 0 Å². The summed E-state index contributed by atoms with van der Waals surface area (Å²) < 4.78 is 5.03. The highest BCUT2D eigenvalue weighted by Gasteiger charge is 2.22. The highest BCUT2D eigenvalue weighted by molar-refractivity contribution is 6.11. The van der Waals surface area contributed by atoms with Crippen molar-refractivity contribution in [3.63, 3.8) is 0 Å². The number of fused-ring (bicyclic) bond motifs is 2. The molecule has 25 heavy (non-hydrogen) atoms. The monoisotopic (exact) mass is 339 g/mol. The van der Waals surface area contributed by atoms with E-state index < -0.39 is 16.9 Å². The molecule has 1 atom stereocenters. The van der Waals surface area contributed by atoms with Gasteiger partial charge in [0.25, 0.3) is 5.69 Å². The Morgan fingerprint density at radius 2 is 1.96 bits per heavy atom. The number of ether oxygens (including phenoxy) is 1. The molecule has 3 aromatic rings. The van der Waals surface area contributed by atoms with Crippen LogP contribution in [-0.4, -0.2) is 28.5 Å². The lowest BCUT2D eigenvalue weighted by atomic mass is 10.1. The lowest BCUT2D eigenvalue weighted by Gasteiger charge is -2.17. The summed E-state index contributed by atoms with van der Waals surface area (Å²) in [5.74, 6) is -0.421. The molecule has 3 rings (SSSR count). The molecule has 0 amide bonds. The molecule has 1 heterocycles. The Balaban J connectivity index is 2.27. The summed E-state index contributed by atoms with van der Waals surface area (Å²) in [7, 11) is 0. The summed E-state index contributed by atoms with van der Waals surface area (Å²) >= 11 is 0. The molecule has 2 aromatic carbocycles. The van der Waals surface area contributed by atoms with Crippen LogP contribution in [-0.2, 0) is 9.53 Å². The van der Waals surface area contributed by atoms with Gasteiger partial charge >= 0.3 is 5.97 Å². The van der Waals surface area contributed by atoms with Crippen LogP contribution in [0.4, 0.5) is 11.4 Å². The molecular weight excluding hydrogens is 322 g/mol. The lowest BCUT2D eigenvalue weighted by molar-refractivity contribution is -0.383. The van der Waals surface area contributed by atoms with Crippen LogP contribution in [0.25, 0.3) is 21.8 Å². The number of hydrogen-bond donors (Lipinski definition) is 1. The minimum Gasteiger partial charge on any atom is -0.464 e. The third kappa shape index (κ3) is 3.08. The number of para-hydroxylation sites is 1. The summed E-state index contributed by atoms with van der Waals surface area (Å²) in [6.45, 7) is 3.66. The molecule has 0 aliphatic carbocycles. The van der Waals surface area contributed by atoms with Crippen LogP contribution < -0.4 is 5.32 Å². The maximum absolute atomic E-state index is 12.0. The number of aromatic nitrogens is 1. The van der Waals surface area contributed by atoms with Crippen molar-refractivity contribution in [1.29, 1.82) is 0 Å². The molecule has 0 spiro atoms. The van der Waals surface area contributed by atoms with Crippen molar-refractivity contribution in [1.82, 2.24) is 4.98 Å². The van der Waals surface area contributed by atoms with Crippen LogP contribution in [0.2, 0.25) is 0 Å². The number of non-ortho nitro benzene ring substituents is 1. The normalized spacial score (nSPS) is 12.1. The number of esters is 1. The van der Waals surface area contributed by atoms with E-state index in [0.29, 0.717) is 27.5 Å². The molecule has 7 heteroatoms. The zero-order valence-electron chi connectivity index (χ0n) is 13.9. The van der Waals surface area contributed by atoms with Gasteiger partial charge in [0.05, 0.1) is 28.3 Å². The van der Waals surface area contributed by atoms with E-state index in [0.717, 1.165) is 0 Å². The Bertz CT molecular complexity index is 971. The van der Waals surface area contributed by atoms with E-state index >= 15 is 0 Å². The first kappa shape index (κ1) is 16.6. The van der Waals surface area contributed by atoms with E-state index in [1.807, 2.05) is 24.3 Å². The van der Waals surface area contributed by atoms with Crippen molar-refractivity contribution in [2.75, 3.05) is 11.9 Å². The van der Waals surface area contributed by atoms with E-state index in [1.54, 1.807) is 26.0 Å². The number of nitrogens with one attached hydrogen (secondary N) is 1. The van der Waals surface area contributed by atoms with Crippen LogP contribution in [0.1, 0.15) is 13.8 Å². The SMILES string of the molecule is CCOC(=O)C(C)Nc1c2ccccc2nc2cccc([N+](=O)[O-])c12. The van der Waals surface area contributed by atoms with Crippen molar-refractivity contribution in [2.45, 2.75) is 19.9 Å². The second-order valence-corrected chi connectivity index (χ2v) is 5.55. The molecule has 0 saturated heterocycles. The molecule has 128 valence electrons. The zero-order valence-corrected chi connectivity index (χ0v) is 13.9. The highest BCUT2D eigenvalue weighted by Crippen LogP contribution is 2.36. The first-order chi connectivity index (χ1) is 12.0. The first-order valence-corrected chi connectivity index (χ1v) is 7.92. The smallest absolute Gasteiger partial charge is 0.328 e. The summed E-state index contributed by atoms with van der Waals surface area (Å²) in [4.78, 5) is 27.6. The fraction of sp³-hybridized carbons (Fsp3) is 0.222. The molecule has 0 radical (unpaired) electrons. The number of nitrogens with zero attached hydrogens (tertiary/aromatic N) is 2. The topological polar surface area (TPSA) is 94.4 Å². The maximum atomic E-state index is 12.0. The molecule has 0 fully saturated rings. The Hall–Kier alpha value is -3.22. The Morgan fingerprint density at radius 1 is 1.24 bits per heavy atom. The van der Waals surface area contributed by atoms with Gasteiger partial charge in [-0.25, -0.2) is 9.78 Å². The van der Waals surface area contributed by atoms with Gasteiger partial charge < -0.3 is 10.1 Å². The van der Waals surface area contributed by atoms with Crippen LogP contribution >= 0.6 is 0 Å². The fourth-order valence-electron chi connectivity index (χ4n) is 2.77. The van der Waals surface area contributed by atoms with Crippen LogP contribution in [0.15, 0.2) is 42.5 Å². The number of carbonyl (C=O) groups is 1.